The molecule has 1 aromatic heterocycles. The summed E-state index contributed by atoms with van der Waals surface area (Å²) in [7, 11) is 0. The summed E-state index contributed by atoms with van der Waals surface area (Å²) in [6.07, 6.45) is 0. The summed E-state index contributed by atoms with van der Waals surface area (Å²) in [4.78, 5) is 4.58. The summed E-state index contributed by atoms with van der Waals surface area (Å²) in [6.45, 7) is 6.02. The molecule has 0 aliphatic rings. The van der Waals surface area contributed by atoms with E-state index in [1.54, 1.807) is 0 Å². The Bertz CT molecular complexity index is 687. The second kappa shape index (κ2) is 7.39. The normalized spacial score (nSPS) is 9.67. The Morgan fingerprint density at radius 3 is 1.95 bits per heavy atom. The molecule has 0 fully saturated rings. The largest absolute Gasteiger partial charge is 0.253 e. The van der Waals surface area contributed by atoms with Crippen LogP contribution in [0.15, 0.2) is 72.8 Å². The third-order valence-corrected chi connectivity index (χ3v) is 3.15. The average Bonchev–Trinajstić information content (AvgIpc) is 2.58. The van der Waals surface area contributed by atoms with Gasteiger partial charge in [-0.1, -0.05) is 68.4 Å². The number of rotatable bonds is 2. The molecule has 1 nitrogen and oxygen atoms in total. The van der Waals surface area contributed by atoms with Crippen molar-refractivity contribution in [3.63, 3.8) is 0 Å². The van der Waals surface area contributed by atoms with Gasteiger partial charge >= 0.3 is 0 Å². The van der Waals surface area contributed by atoms with Crippen molar-refractivity contribution in [3.05, 3.63) is 78.5 Å². The van der Waals surface area contributed by atoms with E-state index in [9.17, 15) is 0 Å². The molecule has 21 heavy (non-hydrogen) atoms. The molecule has 0 bridgehead atoms. The molecule has 3 aromatic rings. The number of hydrogen-bond donors (Lipinski definition) is 0. The molecule has 0 aliphatic carbocycles. The first-order chi connectivity index (χ1) is 10.3. The van der Waals surface area contributed by atoms with Crippen LogP contribution < -0.4 is 0 Å². The molecule has 0 N–H and O–H groups in total. The van der Waals surface area contributed by atoms with Crippen LogP contribution in [0, 0.1) is 6.92 Å². The highest BCUT2D eigenvalue weighted by Crippen LogP contribution is 2.25. The minimum atomic E-state index is 1.03. The van der Waals surface area contributed by atoms with Crippen molar-refractivity contribution in [1.29, 1.82) is 0 Å². The Balaban J connectivity index is 0.000000774. The molecule has 0 amide bonds. The van der Waals surface area contributed by atoms with Gasteiger partial charge in [-0.3, -0.25) is 4.98 Å². The molecule has 1 heteroatoms. The van der Waals surface area contributed by atoms with Gasteiger partial charge in [0.25, 0.3) is 0 Å². The van der Waals surface area contributed by atoms with Crippen LogP contribution in [0.2, 0.25) is 0 Å². The van der Waals surface area contributed by atoms with Crippen molar-refractivity contribution in [2.24, 2.45) is 0 Å². The molecule has 0 aliphatic heterocycles. The van der Waals surface area contributed by atoms with E-state index in [4.69, 9.17) is 0 Å². The topological polar surface area (TPSA) is 12.9 Å². The molecule has 3 rings (SSSR count). The van der Waals surface area contributed by atoms with Crippen LogP contribution >= 0.6 is 0 Å². The standard InChI is InChI=1S/C18H15N.C2H6/c1-14-7-5-12-18(19-14)17-11-6-10-16(13-17)15-8-3-2-4-9-15;1-2/h2-13H,1H3;1-2H3. The minimum Gasteiger partial charge on any atom is -0.253 e. The number of hydrogen-bond acceptors (Lipinski definition) is 1. The van der Waals surface area contributed by atoms with Crippen molar-refractivity contribution in [3.8, 4) is 22.4 Å². The molecular weight excluding hydrogens is 254 g/mol. The molecule has 0 atom stereocenters. The Labute approximate surface area is 127 Å². The zero-order chi connectivity index (χ0) is 15.1. The van der Waals surface area contributed by atoms with Crippen molar-refractivity contribution in [2.75, 3.05) is 0 Å². The lowest BCUT2D eigenvalue weighted by molar-refractivity contribution is 1.21. The van der Waals surface area contributed by atoms with E-state index in [2.05, 4.69) is 59.6 Å². The monoisotopic (exact) mass is 275 g/mol. The van der Waals surface area contributed by atoms with Crippen LogP contribution in [0.1, 0.15) is 19.5 Å². The first-order valence-corrected chi connectivity index (χ1v) is 7.42. The van der Waals surface area contributed by atoms with Crippen molar-refractivity contribution in [2.45, 2.75) is 20.8 Å². The van der Waals surface area contributed by atoms with Gasteiger partial charge in [0, 0.05) is 11.3 Å². The first-order valence-electron chi connectivity index (χ1n) is 7.42. The lowest BCUT2D eigenvalue weighted by Gasteiger charge is -2.06. The maximum Gasteiger partial charge on any atom is 0.0705 e. The van der Waals surface area contributed by atoms with Gasteiger partial charge in [-0.2, -0.15) is 0 Å². The first kappa shape index (κ1) is 15.0. The van der Waals surface area contributed by atoms with Crippen LogP contribution in [0.4, 0.5) is 0 Å². The number of benzene rings is 2. The summed E-state index contributed by atoms with van der Waals surface area (Å²) >= 11 is 0. The molecular formula is C20H21N. The zero-order valence-electron chi connectivity index (χ0n) is 12.9. The minimum absolute atomic E-state index is 1.03. The lowest BCUT2D eigenvalue weighted by atomic mass is 10.0. The maximum absolute atomic E-state index is 4.58. The highest BCUT2D eigenvalue weighted by Gasteiger charge is 2.02. The Morgan fingerprint density at radius 1 is 0.619 bits per heavy atom. The van der Waals surface area contributed by atoms with Crippen LogP contribution in [0.5, 0.6) is 0 Å². The third kappa shape index (κ3) is 3.79. The van der Waals surface area contributed by atoms with Gasteiger partial charge in [0.15, 0.2) is 0 Å². The predicted molar refractivity (Wildman–Crippen MR) is 91.2 cm³/mol. The average molecular weight is 275 g/mol. The Kier molecular flexibility index (Phi) is 5.28. The van der Waals surface area contributed by atoms with Gasteiger partial charge in [0.1, 0.15) is 0 Å². The van der Waals surface area contributed by atoms with Gasteiger partial charge in [0.2, 0.25) is 0 Å². The highest BCUT2D eigenvalue weighted by atomic mass is 14.7. The fourth-order valence-corrected chi connectivity index (χ4v) is 2.19. The second-order valence-electron chi connectivity index (χ2n) is 4.61. The van der Waals surface area contributed by atoms with E-state index in [1.807, 2.05) is 39.0 Å². The third-order valence-electron chi connectivity index (χ3n) is 3.15. The van der Waals surface area contributed by atoms with E-state index in [0.717, 1.165) is 17.0 Å². The van der Waals surface area contributed by atoms with E-state index in [0.29, 0.717) is 0 Å². The summed E-state index contributed by atoms with van der Waals surface area (Å²) in [6, 6.07) is 25.1. The van der Waals surface area contributed by atoms with Crippen molar-refractivity contribution in [1.82, 2.24) is 4.98 Å². The molecule has 2 aromatic carbocycles. The van der Waals surface area contributed by atoms with Crippen LogP contribution in [0.25, 0.3) is 22.4 Å². The lowest BCUT2D eigenvalue weighted by Crippen LogP contribution is -1.86. The molecule has 0 saturated carbocycles. The van der Waals surface area contributed by atoms with E-state index in [1.165, 1.54) is 11.1 Å². The molecule has 1 heterocycles. The maximum atomic E-state index is 4.58. The molecule has 0 unspecified atom stereocenters. The predicted octanol–water partition coefficient (Wildman–Crippen LogP) is 5.75. The van der Waals surface area contributed by atoms with Gasteiger partial charge < -0.3 is 0 Å². The molecule has 0 spiro atoms. The molecule has 0 radical (unpaired) electrons. The van der Waals surface area contributed by atoms with Gasteiger partial charge in [-0.25, -0.2) is 0 Å². The Morgan fingerprint density at radius 2 is 1.24 bits per heavy atom. The van der Waals surface area contributed by atoms with Crippen LogP contribution in [0.3, 0.4) is 0 Å². The number of aromatic nitrogens is 1. The summed E-state index contributed by atoms with van der Waals surface area (Å²) in [5.41, 5.74) is 5.68. The SMILES string of the molecule is CC.Cc1cccc(-c2cccc(-c3ccccc3)c2)n1. The van der Waals surface area contributed by atoms with E-state index in [-0.39, 0.29) is 0 Å². The number of pyridine rings is 1. The summed E-state index contributed by atoms with van der Waals surface area (Å²) < 4.78 is 0. The molecule has 106 valence electrons. The van der Waals surface area contributed by atoms with E-state index >= 15 is 0 Å². The van der Waals surface area contributed by atoms with Gasteiger partial charge in [-0.15, -0.1) is 0 Å². The fourth-order valence-electron chi connectivity index (χ4n) is 2.19. The van der Waals surface area contributed by atoms with Crippen LogP contribution in [-0.4, -0.2) is 4.98 Å². The highest BCUT2D eigenvalue weighted by molar-refractivity contribution is 5.71. The van der Waals surface area contributed by atoms with E-state index < -0.39 is 0 Å². The quantitative estimate of drug-likeness (QED) is 0.580. The number of aryl methyl sites for hydroxylation is 1. The fraction of sp³-hybridized carbons (Fsp3) is 0.150. The molecule has 0 saturated heterocycles. The van der Waals surface area contributed by atoms with Crippen molar-refractivity contribution < 1.29 is 0 Å². The van der Waals surface area contributed by atoms with Gasteiger partial charge in [-0.05, 0) is 36.2 Å². The summed E-state index contributed by atoms with van der Waals surface area (Å²) in [5, 5.41) is 0. The number of nitrogens with zero attached hydrogens (tertiary/aromatic N) is 1. The second-order valence-corrected chi connectivity index (χ2v) is 4.61. The van der Waals surface area contributed by atoms with Crippen LogP contribution in [-0.2, 0) is 0 Å². The smallest absolute Gasteiger partial charge is 0.0705 e. The van der Waals surface area contributed by atoms with Gasteiger partial charge in [0.05, 0.1) is 5.69 Å². The summed E-state index contributed by atoms with van der Waals surface area (Å²) in [5.74, 6) is 0. The zero-order valence-corrected chi connectivity index (χ0v) is 12.9. The van der Waals surface area contributed by atoms with Crippen molar-refractivity contribution >= 4 is 0 Å². The Hall–Kier alpha value is -2.41.